The number of para-hydroxylation sites is 1. The highest BCUT2D eigenvalue weighted by atomic mass is 16.2. The Hall–Kier alpha value is -4.82. The van der Waals surface area contributed by atoms with E-state index in [0.29, 0.717) is 12.8 Å². The molecule has 0 saturated carbocycles. The lowest BCUT2D eigenvalue weighted by atomic mass is 10.0. The van der Waals surface area contributed by atoms with Crippen molar-refractivity contribution in [1.82, 2.24) is 20.9 Å². The molecule has 0 saturated heterocycles. The number of hydrogen-bond acceptors (Lipinski definition) is 6. The topological polar surface area (TPSA) is 275 Å². The quantitative estimate of drug-likeness (QED) is 0.0324. The van der Waals surface area contributed by atoms with Gasteiger partial charge in [0.25, 0.3) is 0 Å². The van der Waals surface area contributed by atoms with Crippen molar-refractivity contribution in [1.29, 1.82) is 0 Å². The molecule has 1 aromatic carbocycles. The molecule has 2 aromatic rings. The van der Waals surface area contributed by atoms with Gasteiger partial charge in [0.2, 0.25) is 23.6 Å². The molecule has 15 heteroatoms. The molecule has 0 aliphatic rings. The number of amides is 4. The van der Waals surface area contributed by atoms with E-state index in [1.165, 1.54) is 57.8 Å². The van der Waals surface area contributed by atoms with Gasteiger partial charge in [-0.25, -0.2) is 0 Å². The molecule has 0 fully saturated rings. The highest BCUT2D eigenvalue weighted by Gasteiger charge is 2.29. The number of aromatic nitrogens is 1. The van der Waals surface area contributed by atoms with E-state index in [1.807, 2.05) is 30.5 Å². The summed E-state index contributed by atoms with van der Waals surface area (Å²) in [5.41, 5.74) is 29.0. The minimum atomic E-state index is -1.07. The van der Waals surface area contributed by atoms with E-state index in [9.17, 15) is 19.2 Å². The van der Waals surface area contributed by atoms with E-state index in [-0.39, 0.29) is 56.6 Å². The van der Waals surface area contributed by atoms with Gasteiger partial charge < -0.3 is 49.6 Å². The van der Waals surface area contributed by atoms with Gasteiger partial charge in [0, 0.05) is 43.0 Å². The zero-order valence-electron chi connectivity index (χ0n) is 32.4. The smallest absolute Gasteiger partial charge is 0.243 e. The molecule has 0 aliphatic heterocycles. The number of guanidine groups is 2. The number of carbonyl (C=O) groups is 4. The number of primary amides is 1. The van der Waals surface area contributed by atoms with Crippen LogP contribution in [0.2, 0.25) is 0 Å². The molecule has 0 aliphatic carbocycles. The Morgan fingerprint density at radius 2 is 1.13 bits per heavy atom. The summed E-state index contributed by atoms with van der Waals surface area (Å²) in [6.07, 6.45) is 19.0. The first-order valence-corrected chi connectivity index (χ1v) is 19.9. The van der Waals surface area contributed by atoms with Crippen molar-refractivity contribution in [3.8, 4) is 0 Å². The van der Waals surface area contributed by atoms with Crippen LogP contribution in [0.1, 0.15) is 128 Å². The molecule has 0 unspecified atom stereocenters. The van der Waals surface area contributed by atoms with E-state index >= 15 is 0 Å². The van der Waals surface area contributed by atoms with Crippen molar-refractivity contribution >= 4 is 46.5 Å². The molecule has 0 radical (unpaired) electrons. The number of fused-ring (bicyclic) bond motifs is 1. The average molecular weight is 754 g/mol. The molecule has 15 nitrogen and oxygen atoms in total. The molecule has 54 heavy (non-hydrogen) atoms. The lowest BCUT2D eigenvalue weighted by molar-refractivity contribution is -0.133. The number of H-pyrrole nitrogens is 1. The van der Waals surface area contributed by atoms with Gasteiger partial charge in [-0.05, 0) is 43.7 Å². The van der Waals surface area contributed by atoms with Crippen LogP contribution in [0.5, 0.6) is 0 Å². The van der Waals surface area contributed by atoms with E-state index in [4.69, 9.17) is 28.7 Å². The number of nitrogens with one attached hydrogen (secondary N) is 4. The first kappa shape index (κ1) is 45.3. The van der Waals surface area contributed by atoms with Crippen LogP contribution in [0, 0.1) is 0 Å². The number of aliphatic imine (C=N–C) groups is 2. The normalized spacial score (nSPS) is 12.7. The van der Waals surface area contributed by atoms with E-state index in [0.717, 1.165) is 42.1 Å². The largest absolute Gasteiger partial charge is 0.370 e. The van der Waals surface area contributed by atoms with Crippen molar-refractivity contribution < 1.29 is 19.2 Å². The molecular formula is C39H67N11O4. The predicted octanol–water partition coefficient (Wildman–Crippen LogP) is 3.24. The summed E-state index contributed by atoms with van der Waals surface area (Å²) in [5, 5.41) is 9.34. The van der Waals surface area contributed by atoms with Crippen molar-refractivity contribution in [2.24, 2.45) is 38.7 Å². The summed E-state index contributed by atoms with van der Waals surface area (Å²) in [4.78, 5) is 64.1. The first-order valence-electron chi connectivity index (χ1n) is 19.9. The summed E-state index contributed by atoms with van der Waals surface area (Å²) in [6, 6.07) is 4.63. The second-order valence-corrected chi connectivity index (χ2v) is 14.1. The third-order valence-corrected chi connectivity index (χ3v) is 9.44. The summed E-state index contributed by atoms with van der Waals surface area (Å²) < 4.78 is 0. The predicted molar refractivity (Wildman–Crippen MR) is 217 cm³/mol. The zero-order chi connectivity index (χ0) is 39.6. The third kappa shape index (κ3) is 19.3. The molecule has 2 rings (SSSR count). The van der Waals surface area contributed by atoms with Crippen LogP contribution >= 0.6 is 0 Å². The van der Waals surface area contributed by atoms with Crippen LogP contribution in [-0.4, -0.2) is 71.7 Å². The highest BCUT2D eigenvalue weighted by Crippen LogP contribution is 2.20. The van der Waals surface area contributed by atoms with E-state index < -0.39 is 35.8 Å². The van der Waals surface area contributed by atoms with Crippen LogP contribution in [-0.2, 0) is 25.6 Å². The summed E-state index contributed by atoms with van der Waals surface area (Å²) in [6.45, 7) is 2.70. The van der Waals surface area contributed by atoms with Gasteiger partial charge in [0.05, 0.1) is 0 Å². The van der Waals surface area contributed by atoms with Gasteiger partial charge in [-0.15, -0.1) is 0 Å². The maximum atomic E-state index is 14.0. The Kier molecular flexibility index (Phi) is 22.6. The monoisotopic (exact) mass is 754 g/mol. The molecule has 14 N–H and O–H groups in total. The van der Waals surface area contributed by atoms with Crippen LogP contribution in [0.4, 0.5) is 0 Å². The van der Waals surface area contributed by atoms with Crippen LogP contribution in [0.3, 0.4) is 0 Å². The van der Waals surface area contributed by atoms with Crippen LogP contribution in [0.15, 0.2) is 40.4 Å². The number of nitrogens with two attached hydrogens (primary N) is 5. The summed E-state index contributed by atoms with van der Waals surface area (Å²) in [5.74, 6) is -2.30. The van der Waals surface area contributed by atoms with Crippen molar-refractivity contribution in [3.05, 3.63) is 36.0 Å². The molecule has 0 bridgehead atoms. The van der Waals surface area contributed by atoms with Crippen LogP contribution in [0.25, 0.3) is 10.9 Å². The fraction of sp³-hybridized carbons (Fsp3) is 0.641. The Bertz CT molecular complexity index is 1470. The number of aromatic amines is 1. The SMILES string of the molecule is CCCCCCCCCCCCCCCC(=O)N[C@@H](Cc1c[nH]c2ccccc12)C(=O)N[C@@H](CCCN=C(N)N)C(=O)N[C@@H](CCCN=C(N)N)C(N)=O. The minimum Gasteiger partial charge on any atom is -0.370 e. The van der Waals surface area contributed by atoms with Crippen molar-refractivity contribution in [2.75, 3.05) is 13.1 Å². The third-order valence-electron chi connectivity index (χ3n) is 9.44. The fourth-order valence-corrected chi connectivity index (χ4v) is 6.41. The highest BCUT2D eigenvalue weighted by molar-refractivity contribution is 5.94. The second kappa shape index (κ2) is 26.9. The zero-order valence-corrected chi connectivity index (χ0v) is 32.4. The van der Waals surface area contributed by atoms with E-state index in [1.54, 1.807) is 0 Å². The lowest BCUT2D eigenvalue weighted by Crippen LogP contribution is -2.56. The number of unbranched alkanes of at least 4 members (excludes halogenated alkanes) is 12. The van der Waals surface area contributed by atoms with Crippen LogP contribution < -0.4 is 44.6 Å². The summed E-state index contributed by atoms with van der Waals surface area (Å²) >= 11 is 0. The molecule has 1 aromatic heterocycles. The maximum Gasteiger partial charge on any atom is 0.243 e. The molecular weight excluding hydrogens is 687 g/mol. The van der Waals surface area contributed by atoms with Gasteiger partial charge in [0.15, 0.2) is 11.9 Å². The molecule has 0 spiro atoms. The summed E-state index contributed by atoms with van der Waals surface area (Å²) in [7, 11) is 0. The molecule has 302 valence electrons. The van der Waals surface area contributed by atoms with Gasteiger partial charge in [0.1, 0.15) is 18.1 Å². The number of hydrogen-bond donors (Lipinski definition) is 9. The lowest BCUT2D eigenvalue weighted by Gasteiger charge is -2.25. The fourth-order valence-electron chi connectivity index (χ4n) is 6.41. The number of benzene rings is 1. The average Bonchev–Trinajstić information content (AvgIpc) is 3.54. The Balaban J connectivity index is 2.05. The van der Waals surface area contributed by atoms with E-state index in [2.05, 4.69) is 37.8 Å². The molecule has 1 heterocycles. The second-order valence-electron chi connectivity index (χ2n) is 14.1. The Morgan fingerprint density at radius 3 is 1.69 bits per heavy atom. The van der Waals surface area contributed by atoms with Gasteiger partial charge in [-0.2, -0.15) is 0 Å². The minimum absolute atomic E-state index is 0.0863. The Morgan fingerprint density at radius 1 is 0.630 bits per heavy atom. The van der Waals surface area contributed by atoms with Gasteiger partial charge in [-0.3, -0.25) is 29.2 Å². The Labute approximate surface area is 320 Å². The van der Waals surface area contributed by atoms with Gasteiger partial charge in [-0.1, -0.05) is 102 Å². The van der Waals surface area contributed by atoms with Gasteiger partial charge >= 0.3 is 0 Å². The van der Waals surface area contributed by atoms with Crippen molar-refractivity contribution in [3.63, 3.8) is 0 Å². The number of rotatable bonds is 30. The molecule has 3 atom stereocenters. The standard InChI is InChI=1S/C39H67N11O4/c1-2-3-4-5-6-7-8-9-10-11-12-13-14-23-34(51)48-33(26-28-27-47-30-20-16-15-19-29(28)30)37(54)50-32(22-18-25-46-39(43)44)36(53)49-31(35(40)52)21-17-24-45-38(41)42/h15-16,19-20,27,31-33,47H,2-14,17-18,21-26H2,1H3,(H2,40,52)(H,48,51)(H,49,53)(H,50,54)(H4,41,42,45)(H4,43,44,46)/t31-,32-,33-/m0/s1. The number of nitrogens with zero attached hydrogens (tertiary/aromatic N) is 2. The molecule has 4 amide bonds. The first-order chi connectivity index (χ1) is 26.0. The number of carbonyl (C=O) groups excluding carboxylic acids is 4. The maximum absolute atomic E-state index is 14.0. The van der Waals surface area contributed by atoms with Crippen molar-refractivity contribution in [2.45, 2.75) is 147 Å².